The fourth-order valence-corrected chi connectivity index (χ4v) is 4.06. The Morgan fingerprint density at radius 2 is 2.00 bits per heavy atom. The van der Waals surface area contributed by atoms with E-state index in [2.05, 4.69) is 4.98 Å². The second kappa shape index (κ2) is 6.85. The number of fused-ring (bicyclic) bond motifs is 2. The lowest BCUT2D eigenvalue weighted by atomic mass is 10.1. The summed E-state index contributed by atoms with van der Waals surface area (Å²) in [6, 6.07) is 13.7. The van der Waals surface area contributed by atoms with Crippen molar-refractivity contribution < 1.29 is 14.6 Å². The van der Waals surface area contributed by atoms with Crippen LogP contribution in [-0.2, 0) is 6.54 Å². The third-order valence-electron chi connectivity index (χ3n) is 4.44. The molecule has 0 bridgehead atoms. The molecule has 0 aliphatic heterocycles. The highest BCUT2D eigenvalue weighted by Crippen LogP contribution is 2.25. The Labute approximate surface area is 158 Å². The minimum absolute atomic E-state index is 0.00350. The molecule has 0 aliphatic rings. The molecule has 7 heteroatoms. The summed E-state index contributed by atoms with van der Waals surface area (Å²) < 4.78 is 7.37. The van der Waals surface area contributed by atoms with Crippen molar-refractivity contribution in [3.8, 4) is 5.75 Å². The van der Waals surface area contributed by atoms with Crippen molar-refractivity contribution in [2.24, 2.45) is 0 Å². The Bertz CT molecular complexity index is 1220. The molecule has 0 fully saturated rings. The number of benzene rings is 2. The number of rotatable bonds is 5. The predicted molar refractivity (Wildman–Crippen MR) is 105 cm³/mol. The summed E-state index contributed by atoms with van der Waals surface area (Å²) in [6.45, 7) is 2.29. The lowest BCUT2D eigenvalue weighted by Crippen LogP contribution is -2.27. The summed E-state index contributed by atoms with van der Waals surface area (Å²) >= 11 is 1.16. The highest BCUT2D eigenvalue weighted by molar-refractivity contribution is 7.17. The number of carboxylic acids is 1. The van der Waals surface area contributed by atoms with Crippen LogP contribution in [0.25, 0.3) is 21.0 Å². The van der Waals surface area contributed by atoms with Gasteiger partial charge in [0.05, 0.1) is 17.5 Å². The molecule has 2 aromatic heterocycles. The maximum Gasteiger partial charge on any atom is 0.337 e. The Morgan fingerprint density at radius 1 is 1.22 bits per heavy atom. The van der Waals surface area contributed by atoms with Crippen molar-refractivity contribution in [1.82, 2.24) is 9.55 Å². The van der Waals surface area contributed by atoms with Gasteiger partial charge >= 0.3 is 5.97 Å². The molecule has 1 N–H and O–H groups in total. The summed E-state index contributed by atoms with van der Waals surface area (Å²) in [5, 5.41) is 13.0. The van der Waals surface area contributed by atoms with Crippen LogP contribution in [0.5, 0.6) is 5.75 Å². The van der Waals surface area contributed by atoms with Gasteiger partial charge in [-0.2, -0.15) is 0 Å². The number of nitrogens with zero attached hydrogens (tertiary/aromatic N) is 2. The Balaban J connectivity index is 1.63. The smallest absolute Gasteiger partial charge is 0.337 e. The van der Waals surface area contributed by atoms with E-state index >= 15 is 0 Å². The molecule has 0 amide bonds. The molecule has 2 heterocycles. The van der Waals surface area contributed by atoms with Gasteiger partial charge in [0.1, 0.15) is 23.0 Å². The number of hydrogen-bond acceptors (Lipinski definition) is 5. The topological polar surface area (TPSA) is 81.4 Å². The first-order valence-electron chi connectivity index (χ1n) is 8.39. The van der Waals surface area contributed by atoms with Gasteiger partial charge in [0.15, 0.2) is 0 Å². The molecule has 0 unspecified atom stereocenters. The SMILES string of the molecule is Cc1nc2scc(C(=O)O)c2c(=O)n1CCOc1cccc2ccccc12. The normalized spacial score (nSPS) is 11.1. The molecular formula is C20H16N2O4S. The molecule has 136 valence electrons. The van der Waals surface area contributed by atoms with Crippen molar-refractivity contribution in [2.75, 3.05) is 6.61 Å². The van der Waals surface area contributed by atoms with Crippen molar-refractivity contribution in [1.29, 1.82) is 0 Å². The fourth-order valence-electron chi connectivity index (χ4n) is 3.12. The van der Waals surface area contributed by atoms with E-state index in [1.165, 1.54) is 9.95 Å². The van der Waals surface area contributed by atoms with Gasteiger partial charge in [-0.05, 0) is 18.4 Å². The van der Waals surface area contributed by atoms with Crippen LogP contribution in [0.4, 0.5) is 0 Å². The van der Waals surface area contributed by atoms with E-state index in [9.17, 15) is 14.7 Å². The molecule has 6 nitrogen and oxygen atoms in total. The molecule has 2 aromatic carbocycles. The summed E-state index contributed by atoms with van der Waals surface area (Å²) in [4.78, 5) is 29.0. The Kier molecular flexibility index (Phi) is 4.37. The van der Waals surface area contributed by atoms with Gasteiger partial charge in [0.25, 0.3) is 5.56 Å². The molecule has 27 heavy (non-hydrogen) atoms. The zero-order chi connectivity index (χ0) is 19.0. The minimum atomic E-state index is -1.12. The predicted octanol–water partition coefficient (Wildman–Crippen LogP) is 3.70. The number of aromatic carboxylic acids is 1. The first-order chi connectivity index (χ1) is 13.1. The molecule has 0 atom stereocenters. The third kappa shape index (κ3) is 3.06. The van der Waals surface area contributed by atoms with Crippen molar-refractivity contribution in [2.45, 2.75) is 13.5 Å². The number of carboxylic acid groups (broad SMARTS) is 1. The first-order valence-corrected chi connectivity index (χ1v) is 9.26. The molecule has 4 aromatic rings. The van der Waals surface area contributed by atoms with Gasteiger partial charge in [0, 0.05) is 10.8 Å². The zero-order valence-corrected chi connectivity index (χ0v) is 15.3. The third-order valence-corrected chi connectivity index (χ3v) is 5.31. The lowest BCUT2D eigenvalue weighted by molar-refractivity contribution is 0.0699. The zero-order valence-electron chi connectivity index (χ0n) is 14.5. The van der Waals surface area contributed by atoms with Gasteiger partial charge in [-0.1, -0.05) is 36.4 Å². The van der Waals surface area contributed by atoms with Crippen molar-refractivity contribution in [3.05, 3.63) is 69.6 Å². The minimum Gasteiger partial charge on any atom is -0.491 e. The van der Waals surface area contributed by atoms with Gasteiger partial charge < -0.3 is 9.84 Å². The standard InChI is InChI=1S/C20H16N2O4S/c1-12-21-18-17(15(11-27-18)20(24)25)19(23)22(12)9-10-26-16-8-4-6-13-5-2-3-7-14(13)16/h2-8,11H,9-10H2,1H3,(H,24,25). The van der Waals surface area contributed by atoms with Crippen LogP contribution < -0.4 is 10.3 Å². The number of aryl methyl sites for hydroxylation is 1. The van der Waals surface area contributed by atoms with Crippen LogP contribution in [0.15, 0.2) is 52.6 Å². The summed E-state index contributed by atoms with van der Waals surface area (Å²) in [7, 11) is 0. The molecular weight excluding hydrogens is 364 g/mol. The number of thiophene rings is 1. The van der Waals surface area contributed by atoms with E-state index in [4.69, 9.17) is 4.74 Å². The fraction of sp³-hybridized carbons (Fsp3) is 0.150. The molecule has 0 spiro atoms. The maximum atomic E-state index is 12.8. The second-order valence-electron chi connectivity index (χ2n) is 6.08. The maximum absolute atomic E-state index is 12.8. The van der Waals surface area contributed by atoms with Gasteiger partial charge in [-0.3, -0.25) is 9.36 Å². The van der Waals surface area contributed by atoms with Gasteiger partial charge in [0.2, 0.25) is 0 Å². The van der Waals surface area contributed by atoms with Crippen molar-refractivity contribution >= 4 is 38.3 Å². The summed E-state index contributed by atoms with van der Waals surface area (Å²) in [6.07, 6.45) is 0. The molecule has 0 saturated heterocycles. The molecule has 4 rings (SSSR count). The number of ether oxygens (including phenoxy) is 1. The average molecular weight is 380 g/mol. The van der Waals surface area contributed by atoms with E-state index in [1.54, 1.807) is 6.92 Å². The second-order valence-corrected chi connectivity index (χ2v) is 6.93. The number of aromatic nitrogens is 2. The Morgan fingerprint density at radius 3 is 2.81 bits per heavy atom. The van der Waals surface area contributed by atoms with Crippen LogP contribution in [0.3, 0.4) is 0 Å². The average Bonchev–Trinajstić information content (AvgIpc) is 3.08. The van der Waals surface area contributed by atoms with E-state index in [-0.39, 0.29) is 29.7 Å². The van der Waals surface area contributed by atoms with Crippen LogP contribution in [-0.4, -0.2) is 27.2 Å². The van der Waals surface area contributed by atoms with E-state index in [0.29, 0.717) is 10.7 Å². The Hall–Kier alpha value is -3.19. The monoisotopic (exact) mass is 380 g/mol. The molecule has 0 saturated carbocycles. The number of carbonyl (C=O) groups is 1. The van der Waals surface area contributed by atoms with E-state index in [1.807, 2.05) is 42.5 Å². The van der Waals surface area contributed by atoms with Gasteiger partial charge in [-0.15, -0.1) is 11.3 Å². The largest absolute Gasteiger partial charge is 0.491 e. The summed E-state index contributed by atoms with van der Waals surface area (Å²) in [5.41, 5.74) is -0.353. The molecule has 0 radical (unpaired) electrons. The highest BCUT2D eigenvalue weighted by atomic mass is 32.1. The first kappa shape index (κ1) is 17.2. The van der Waals surface area contributed by atoms with Gasteiger partial charge in [-0.25, -0.2) is 9.78 Å². The van der Waals surface area contributed by atoms with Crippen LogP contribution >= 0.6 is 11.3 Å². The van der Waals surface area contributed by atoms with Crippen LogP contribution in [0.2, 0.25) is 0 Å². The number of hydrogen-bond donors (Lipinski definition) is 1. The highest BCUT2D eigenvalue weighted by Gasteiger charge is 2.18. The van der Waals surface area contributed by atoms with Crippen molar-refractivity contribution in [3.63, 3.8) is 0 Å². The van der Waals surface area contributed by atoms with E-state index in [0.717, 1.165) is 27.9 Å². The summed E-state index contributed by atoms with van der Waals surface area (Å²) in [5.74, 6) is 0.157. The van der Waals surface area contributed by atoms with Crippen LogP contribution in [0, 0.1) is 6.92 Å². The lowest BCUT2D eigenvalue weighted by Gasteiger charge is -2.12. The van der Waals surface area contributed by atoms with Crippen LogP contribution in [0.1, 0.15) is 16.2 Å². The molecule has 0 aliphatic carbocycles. The quantitative estimate of drug-likeness (QED) is 0.571. The van der Waals surface area contributed by atoms with E-state index < -0.39 is 5.97 Å².